The Hall–Kier alpha value is -2.80. The molecule has 3 N–H and O–H groups in total. The van der Waals surface area contributed by atoms with Crippen LogP contribution in [0.5, 0.6) is 0 Å². The molecule has 0 saturated heterocycles. The highest BCUT2D eigenvalue weighted by molar-refractivity contribution is 6.29. The summed E-state index contributed by atoms with van der Waals surface area (Å²) in [5.74, 6) is 1.27. The molecule has 4 aromatic heterocycles. The van der Waals surface area contributed by atoms with Gasteiger partial charge in [0.15, 0.2) is 10.8 Å². The van der Waals surface area contributed by atoms with Crippen molar-refractivity contribution in [2.75, 3.05) is 5.73 Å². The molecule has 22 heavy (non-hydrogen) atoms. The van der Waals surface area contributed by atoms with Crippen LogP contribution in [-0.4, -0.2) is 20.1 Å². The van der Waals surface area contributed by atoms with E-state index in [0.29, 0.717) is 34.0 Å². The number of nitrogens with zero attached hydrogens (tertiary/aromatic N) is 3. The fourth-order valence-electron chi connectivity index (χ4n) is 2.16. The topological polar surface area (TPSA) is 107 Å². The van der Waals surface area contributed by atoms with Crippen LogP contribution in [0.4, 0.5) is 5.82 Å². The number of nitrogens with two attached hydrogens (primary N) is 1. The average Bonchev–Trinajstić information content (AvgIpc) is 3.15. The van der Waals surface area contributed by atoms with Gasteiger partial charge in [0.05, 0.1) is 5.52 Å². The number of fused-ring (bicyclic) bond motifs is 1. The van der Waals surface area contributed by atoms with Crippen molar-refractivity contribution in [1.82, 2.24) is 20.1 Å². The number of nitrogen functional groups attached to an aromatic ring is 1. The molecule has 0 aliphatic heterocycles. The van der Waals surface area contributed by atoms with E-state index in [1.54, 1.807) is 18.3 Å². The Morgan fingerprint density at radius 1 is 1.27 bits per heavy atom. The second-order valence-electron chi connectivity index (χ2n) is 4.86. The number of aromatic nitrogens is 4. The summed E-state index contributed by atoms with van der Waals surface area (Å²) in [7, 11) is 0. The maximum atomic E-state index is 5.78. The van der Waals surface area contributed by atoms with E-state index in [1.807, 2.05) is 13.0 Å². The summed E-state index contributed by atoms with van der Waals surface area (Å²) in [5.41, 5.74) is 9.35. The summed E-state index contributed by atoms with van der Waals surface area (Å²) in [6.07, 6.45) is 1.61. The molecule has 4 rings (SSSR count). The first-order valence-electron chi connectivity index (χ1n) is 6.45. The van der Waals surface area contributed by atoms with Crippen molar-refractivity contribution in [3.05, 3.63) is 35.2 Å². The van der Waals surface area contributed by atoms with Gasteiger partial charge in [0.1, 0.15) is 11.5 Å². The first-order valence-corrected chi connectivity index (χ1v) is 6.82. The fourth-order valence-corrected chi connectivity index (χ4v) is 2.36. The zero-order valence-electron chi connectivity index (χ0n) is 11.4. The van der Waals surface area contributed by atoms with Crippen LogP contribution >= 0.6 is 11.6 Å². The van der Waals surface area contributed by atoms with E-state index in [1.165, 1.54) is 0 Å². The van der Waals surface area contributed by atoms with Crippen LogP contribution < -0.4 is 5.73 Å². The number of anilines is 1. The summed E-state index contributed by atoms with van der Waals surface area (Å²) in [6, 6.07) is 5.30. The number of aromatic amines is 1. The number of aryl methyl sites for hydroxylation is 1. The Morgan fingerprint density at radius 2 is 2.14 bits per heavy atom. The molecule has 0 amide bonds. The summed E-state index contributed by atoms with van der Waals surface area (Å²) in [4.78, 5) is 11.6. The maximum absolute atomic E-state index is 5.78. The zero-order chi connectivity index (χ0) is 15.3. The lowest BCUT2D eigenvalue weighted by atomic mass is 10.2. The molecule has 0 saturated carbocycles. The quantitative estimate of drug-likeness (QED) is 0.587. The number of pyridine rings is 1. The lowest BCUT2D eigenvalue weighted by molar-refractivity contribution is 0.431. The minimum atomic E-state index is 0.322. The van der Waals surface area contributed by atoms with Gasteiger partial charge < -0.3 is 19.7 Å². The molecule has 0 fully saturated rings. The van der Waals surface area contributed by atoms with E-state index >= 15 is 0 Å². The third kappa shape index (κ3) is 2.03. The van der Waals surface area contributed by atoms with E-state index in [4.69, 9.17) is 26.3 Å². The second-order valence-corrected chi connectivity index (χ2v) is 5.23. The van der Waals surface area contributed by atoms with Crippen LogP contribution in [-0.2, 0) is 0 Å². The minimum absolute atomic E-state index is 0.322. The molecule has 0 atom stereocenters. The summed E-state index contributed by atoms with van der Waals surface area (Å²) < 4.78 is 10.6. The van der Waals surface area contributed by atoms with Gasteiger partial charge in [-0.1, -0.05) is 5.16 Å². The third-order valence-corrected chi connectivity index (χ3v) is 3.50. The number of hydrogen-bond donors (Lipinski definition) is 2. The molecular formula is C14H10ClN5O2. The highest BCUT2D eigenvalue weighted by Crippen LogP contribution is 2.29. The van der Waals surface area contributed by atoms with Crippen LogP contribution in [0.3, 0.4) is 0 Å². The van der Waals surface area contributed by atoms with E-state index in [9.17, 15) is 0 Å². The highest BCUT2D eigenvalue weighted by Gasteiger charge is 2.15. The van der Waals surface area contributed by atoms with Crippen molar-refractivity contribution in [1.29, 1.82) is 0 Å². The zero-order valence-corrected chi connectivity index (χ0v) is 12.2. The Bertz CT molecular complexity index is 953. The largest absolute Gasteiger partial charge is 0.443 e. The number of nitrogens with one attached hydrogen (secondary N) is 1. The molecule has 4 aromatic rings. The molecule has 0 bridgehead atoms. The van der Waals surface area contributed by atoms with E-state index in [-0.39, 0.29) is 0 Å². The SMILES string of the molecule is Cc1cc(-c2noc(-c3cc4oc(Cl)cc4[nH]3)n2)cnc1N. The van der Waals surface area contributed by atoms with E-state index < -0.39 is 0 Å². The molecule has 7 nitrogen and oxygen atoms in total. The van der Waals surface area contributed by atoms with Gasteiger partial charge in [0, 0.05) is 23.9 Å². The summed E-state index contributed by atoms with van der Waals surface area (Å²) in [6.45, 7) is 1.87. The van der Waals surface area contributed by atoms with Gasteiger partial charge in [-0.3, -0.25) is 0 Å². The van der Waals surface area contributed by atoms with Crippen molar-refractivity contribution in [3.63, 3.8) is 0 Å². The van der Waals surface area contributed by atoms with Gasteiger partial charge in [-0.2, -0.15) is 4.98 Å². The van der Waals surface area contributed by atoms with Crippen LogP contribution in [0.25, 0.3) is 34.1 Å². The molecule has 8 heteroatoms. The molecule has 4 heterocycles. The lowest BCUT2D eigenvalue weighted by Gasteiger charge is -1.99. The predicted octanol–water partition coefficient (Wildman–Crippen LogP) is 3.42. The molecule has 0 radical (unpaired) electrons. The van der Waals surface area contributed by atoms with Gasteiger partial charge in [-0.25, -0.2) is 4.98 Å². The first kappa shape index (κ1) is 12.9. The first-order chi connectivity index (χ1) is 10.6. The number of H-pyrrole nitrogens is 1. The molecule has 0 unspecified atom stereocenters. The number of furan rings is 1. The van der Waals surface area contributed by atoms with Crippen molar-refractivity contribution in [2.24, 2.45) is 0 Å². The van der Waals surface area contributed by atoms with Crippen molar-refractivity contribution in [3.8, 4) is 23.0 Å². The smallest absolute Gasteiger partial charge is 0.274 e. The molecule has 0 aliphatic carbocycles. The van der Waals surface area contributed by atoms with E-state index in [2.05, 4.69) is 20.1 Å². The number of halogens is 1. The van der Waals surface area contributed by atoms with Gasteiger partial charge in [-0.15, -0.1) is 0 Å². The van der Waals surface area contributed by atoms with Crippen LogP contribution in [0, 0.1) is 6.92 Å². The monoisotopic (exact) mass is 315 g/mol. The molecule has 0 spiro atoms. The summed E-state index contributed by atoms with van der Waals surface area (Å²) >= 11 is 5.78. The molecule has 0 aromatic carbocycles. The summed E-state index contributed by atoms with van der Waals surface area (Å²) in [5, 5.41) is 4.28. The number of hydrogen-bond acceptors (Lipinski definition) is 6. The van der Waals surface area contributed by atoms with E-state index in [0.717, 1.165) is 16.6 Å². The van der Waals surface area contributed by atoms with Crippen LogP contribution in [0.2, 0.25) is 5.22 Å². The minimum Gasteiger partial charge on any atom is -0.443 e. The van der Waals surface area contributed by atoms with Crippen molar-refractivity contribution < 1.29 is 8.94 Å². The van der Waals surface area contributed by atoms with Crippen LogP contribution in [0.15, 0.2) is 33.3 Å². The Kier molecular flexibility index (Phi) is 2.70. The van der Waals surface area contributed by atoms with Crippen molar-refractivity contribution in [2.45, 2.75) is 6.92 Å². The standard InChI is InChI=1S/C14H10ClN5O2/c1-6-2-7(5-17-12(6)16)13-19-14(22-20-13)9-3-10-8(18-9)4-11(15)21-10/h2-5,18H,1H3,(H2,16,17). The van der Waals surface area contributed by atoms with Gasteiger partial charge in [0.25, 0.3) is 5.89 Å². The Labute approximate surface area is 129 Å². The molecule has 0 aliphatic rings. The average molecular weight is 316 g/mol. The van der Waals surface area contributed by atoms with Crippen molar-refractivity contribution >= 4 is 28.5 Å². The normalized spacial score (nSPS) is 11.4. The third-order valence-electron chi connectivity index (χ3n) is 3.31. The fraction of sp³-hybridized carbons (Fsp3) is 0.0714. The van der Waals surface area contributed by atoms with Gasteiger partial charge in [-0.05, 0) is 30.2 Å². The van der Waals surface area contributed by atoms with Crippen LogP contribution in [0.1, 0.15) is 5.56 Å². The molecular weight excluding hydrogens is 306 g/mol. The lowest BCUT2D eigenvalue weighted by Crippen LogP contribution is -1.94. The number of rotatable bonds is 2. The van der Waals surface area contributed by atoms with Gasteiger partial charge in [0.2, 0.25) is 5.82 Å². The Balaban J connectivity index is 1.73. The van der Waals surface area contributed by atoms with Gasteiger partial charge >= 0.3 is 0 Å². The predicted molar refractivity (Wildman–Crippen MR) is 81.2 cm³/mol. The maximum Gasteiger partial charge on any atom is 0.274 e. The second kappa shape index (κ2) is 4.60. The highest BCUT2D eigenvalue weighted by atomic mass is 35.5. The molecule has 110 valence electrons. The Morgan fingerprint density at radius 3 is 2.91 bits per heavy atom.